The zero-order valence-corrected chi connectivity index (χ0v) is 17.8. The lowest BCUT2D eigenvalue weighted by Gasteiger charge is -2.26. The SMILES string of the molecule is CCCc1ccc2c(c1C1CC1)CCCC2C.c1ccc(C2CCNC2)cc1. The van der Waals surface area contributed by atoms with Crippen LogP contribution in [0.15, 0.2) is 42.5 Å². The van der Waals surface area contributed by atoms with E-state index in [1.165, 1.54) is 63.5 Å². The van der Waals surface area contributed by atoms with Crippen molar-refractivity contribution in [2.75, 3.05) is 13.1 Å². The van der Waals surface area contributed by atoms with Crippen LogP contribution in [-0.2, 0) is 12.8 Å². The first-order chi connectivity index (χ1) is 13.8. The zero-order chi connectivity index (χ0) is 19.3. The highest BCUT2D eigenvalue weighted by atomic mass is 14.9. The summed E-state index contributed by atoms with van der Waals surface area (Å²) in [5, 5.41) is 3.37. The molecular weight excluding hydrogens is 338 g/mol. The molecule has 1 aliphatic heterocycles. The first-order valence-corrected chi connectivity index (χ1v) is 11.7. The molecule has 1 heteroatoms. The van der Waals surface area contributed by atoms with Crippen molar-refractivity contribution in [3.05, 3.63) is 70.3 Å². The Kier molecular flexibility index (Phi) is 6.52. The van der Waals surface area contributed by atoms with Crippen LogP contribution in [0.25, 0.3) is 0 Å². The number of hydrogen-bond donors (Lipinski definition) is 1. The van der Waals surface area contributed by atoms with Crippen molar-refractivity contribution in [1.29, 1.82) is 0 Å². The zero-order valence-electron chi connectivity index (χ0n) is 17.8. The molecule has 0 spiro atoms. The Hall–Kier alpha value is -1.60. The highest BCUT2D eigenvalue weighted by Gasteiger charge is 2.31. The van der Waals surface area contributed by atoms with Gasteiger partial charge in [-0.05, 0) is 97.1 Å². The smallest absolute Gasteiger partial charge is 0.00206 e. The third kappa shape index (κ3) is 4.51. The molecule has 5 rings (SSSR count). The quantitative estimate of drug-likeness (QED) is 0.625. The fraction of sp³-hybridized carbons (Fsp3) is 0.556. The predicted molar refractivity (Wildman–Crippen MR) is 120 cm³/mol. The average molecular weight is 376 g/mol. The molecule has 2 aromatic carbocycles. The van der Waals surface area contributed by atoms with Crippen LogP contribution in [-0.4, -0.2) is 13.1 Å². The molecule has 1 nitrogen and oxygen atoms in total. The molecule has 3 aliphatic rings. The maximum atomic E-state index is 3.37. The van der Waals surface area contributed by atoms with E-state index in [0.717, 1.165) is 24.3 Å². The van der Waals surface area contributed by atoms with E-state index in [1.807, 2.05) is 0 Å². The summed E-state index contributed by atoms with van der Waals surface area (Å²) >= 11 is 0. The maximum Gasteiger partial charge on any atom is 0.00206 e. The van der Waals surface area contributed by atoms with Gasteiger partial charge in [-0.1, -0.05) is 62.7 Å². The molecule has 0 radical (unpaired) electrons. The fourth-order valence-corrected chi connectivity index (χ4v) is 5.24. The van der Waals surface area contributed by atoms with Crippen molar-refractivity contribution in [3.8, 4) is 0 Å². The largest absolute Gasteiger partial charge is 0.316 e. The minimum Gasteiger partial charge on any atom is -0.316 e. The van der Waals surface area contributed by atoms with Crippen LogP contribution in [0.1, 0.15) is 97.9 Å². The molecule has 1 heterocycles. The summed E-state index contributed by atoms with van der Waals surface area (Å²) in [6.45, 7) is 7.05. The monoisotopic (exact) mass is 375 g/mol. The number of hydrogen-bond acceptors (Lipinski definition) is 1. The van der Waals surface area contributed by atoms with E-state index in [9.17, 15) is 0 Å². The molecule has 1 saturated heterocycles. The molecule has 150 valence electrons. The molecule has 2 aliphatic carbocycles. The van der Waals surface area contributed by atoms with E-state index in [2.05, 4.69) is 61.6 Å². The second-order valence-corrected chi connectivity index (χ2v) is 9.12. The van der Waals surface area contributed by atoms with E-state index in [-0.39, 0.29) is 0 Å². The van der Waals surface area contributed by atoms with E-state index in [4.69, 9.17) is 0 Å². The number of fused-ring (bicyclic) bond motifs is 1. The third-order valence-electron chi connectivity index (χ3n) is 6.91. The molecule has 1 saturated carbocycles. The van der Waals surface area contributed by atoms with Gasteiger partial charge in [0.05, 0.1) is 0 Å². The van der Waals surface area contributed by atoms with Gasteiger partial charge in [-0.15, -0.1) is 0 Å². The summed E-state index contributed by atoms with van der Waals surface area (Å²) in [6.07, 6.45) is 10.9. The molecule has 28 heavy (non-hydrogen) atoms. The predicted octanol–water partition coefficient (Wildman–Crippen LogP) is 6.72. The van der Waals surface area contributed by atoms with Gasteiger partial charge in [-0.2, -0.15) is 0 Å². The van der Waals surface area contributed by atoms with Crippen molar-refractivity contribution in [2.45, 2.75) is 83.0 Å². The van der Waals surface area contributed by atoms with Gasteiger partial charge >= 0.3 is 0 Å². The summed E-state index contributed by atoms with van der Waals surface area (Å²) in [5.41, 5.74) is 8.38. The Morgan fingerprint density at radius 2 is 1.75 bits per heavy atom. The van der Waals surface area contributed by atoms with Crippen LogP contribution in [0.5, 0.6) is 0 Å². The van der Waals surface area contributed by atoms with Crippen LogP contribution in [0.2, 0.25) is 0 Å². The van der Waals surface area contributed by atoms with Crippen molar-refractivity contribution >= 4 is 0 Å². The Bertz CT molecular complexity index is 753. The Balaban J connectivity index is 0.000000151. The second kappa shape index (κ2) is 9.27. The minimum atomic E-state index is 0.760. The van der Waals surface area contributed by atoms with Crippen LogP contribution in [0.4, 0.5) is 0 Å². The molecule has 0 aromatic heterocycles. The van der Waals surface area contributed by atoms with Gasteiger partial charge < -0.3 is 5.32 Å². The first kappa shape index (κ1) is 19.7. The van der Waals surface area contributed by atoms with Gasteiger partial charge in [0, 0.05) is 6.54 Å². The van der Waals surface area contributed by atoms with Gasteiger partial charge in [0.1, 0.15) is 0 Å². The van der Waals surface area contributed by atoms with Crippen molar-refractivity contribution < 1.29 is 0 Å². The molecule has 2 unspecified atom stereocenters. The lowest BCUT2D eigenvalue weighted by molar-refractivity contribution is 0.585. The normalized spacial score (nSPS) is 23.6. The third-order valence-corrected chi connectivity index (χ3v) is 6.91. The molecule has 1 N–H and O–H groups in total. The van der Waals surface area contributed by atoms with Crippen LogP contribution in [0, 0.1) is 0 Å². The first-order valence-electron chi connectivity index (χ1n) is 11.7. The van der Waals surface area contributed by atoms with E-state index >= 15 is 0 Å². The Morgan fingerprint density at radius 1 is 0.929 bits per heavy atom. The summed E-state index contributed by atoms with van der Waals surface area (Å²) in [5.74, 6) is 2.49. The van der Waals surface area contributed by atoms with Gasteiger partial charge in [0.25, 0.3) is 0 Å². The van der Waals surface area contributed by atoms with Crippen LogP contribution < -0.4 is 5.32 Å². The summed E-state index contributed by atoms with van der Waals surface area (Å²) in [6, 6.07) is 15.6. The second-order valence-electron chi connectivity index (χ2n) is 9.12. The lowest BCUT2D eigenvalue weighted by atomic mass is 9.78. The van der Waals surface area contributed by atoms with E-state index in [1.54, 1.807) is 22.3 Å². The number of nitrogens with one attached hydrogen (secondary N) is 1. The summed E-state index contributed by atoms with van der Waals surface area (Å²) < 4.78 is 0. The average Bonchev–Trinajstić information content (AvgIpc) is 3.41. The summed E-state index contributed by atoms with van der Waals surface area (Å²) in [4.78, 5) is 0. The number of benzene rings is 2. The molecule has 0 amide bonds. The highest BCUT2D eigenvalue weighted by Crippen LogP contribution is 2.47. The molecule has 2 fully saturated rings. The minimum absolute atomic E-state index is 0.760. The summed E-state index contributed by atoms with van der Waals surface area (Å²) in [7, 11) is 0. The highest BCUT2D eigenvalue weighted by molar-refractivity contribution is 5.47. The maximum absolute atomic E-state index is 3.37. The van der Waals surface area contributed by atoms with E-state index < -0.39 is 0 Å². The number of rotatable bonds is 4. The standard InChI is InChI=1S/C17H24.C10H13N/c1-3-5-13-10-11-15-12(2)6-4-7-16(15)17(13)14-8-9-14;1-2-4-9(5-3-1)10-6-7-11-8-10/h10-12,14H,3-9H2,1-2H3;1-5,10-11H,6-8H2. The van der Waals surface area contributed by atoms with E-state index in [0.29, 0.717) is 0 Å². The number of aryl methyl sites for hydroxylation is 1. The Morgan fingerprint density at radius 3 is 2.43 bits per heavy atom. The van der Waals surface area contributed by atoms with Crippen LogP contribution >= 0.6 is 0 Å². The van der Waals surface area contributed by atoms with Gasteiger partial charge in [0.2, 0.25) is 0 Å². The van der Waals surface area contributed by atoms with Gasteiger partial charge in [-0.3, -0.25) is 0 Å². The van der Waals surface area contributed by atoms with Gasteiger partial charge in [-0.25, -0.2) is 0 Å². The van der Waals surface area contributed by atoms with Gasteiger partial charge in [0.15, 0.2) is 0 Å². The fourth-order valence-electron chi connectivity index (χ4n) is 5.24. The Labute approximate surface area is 172 Å². The topological polar surface area (TPSA) is 12.0 Å². The van der Waals surface area contributed by atoms with Crippen LogP contribution in [0.3, 0.4) is 0 Å². The lowest BCUT2D eigenvalue weighted by Crippen LogP contribution is -2.11. The van der Waals surface area contributed by atoms with Crippen molar-refractivity contribution in [2.24, 2.45) is 0 Å². The van der Waals surface area contributed by atoms with Crippen molar-refractivity contribution in [1.82, 2.24) is 5.32 Å². The van der Waals surface area contributed by atoms with Crippen molar-refractivity contribution in [3.63, 3.8) is 0 Å². The molecule has 2 atom stereocenters. The molecule has 2 aromatic rings. The molecular formula is C27H37N. The molecule has 0 bridgehead atoms.